The van der Waals surface area contributed by atoms with Gasteiger partial charge >= 0.3 is 0 Å². The summed E-state index contributed by atoms with van der Waals surface area (Å²) in [5.41, 5.74) is 6.82. The van der Waals surface area contributed by atoms with Crippen molar-refractivity contribution < 1.29 is 23.4 Å². The van der Waals surface area contributed by atoms with Gasteiger partial charge in [-0.25, -0.2) is 14.4 Å². The second-order valence-electron chi connectivity index (χ2n) is 7.71. The Balaban J connectivity index is 1.59. The first kappa shape index (κ1) is 21.2. The van der Waals surface area contributed by atoms with Gasteiger partial charge in [-0.1, -0.05) is 0 Å². The third kappa shape index (κ3) is 3.44. The summed E-state index contributed by atoms with van der Waals surface area (Å²) in [6.45, 7) is 0.249. The molecular weight excluding hydrogens is 441 g/mol. The molecule has 5 rings (SSSR count). The number of carbonyl (C=O) groups excluding carboxylic acids is 1. The van der Waals surface area contributed by atoms with Gasteiger partial charge in [-0.2, -0.15) is 5.26 Å². The fourth-order valence-electron chi connectivity index (χ4n) is 4.13. The zero-order valence-electron chi connectivity index (χ0n) is 18.0. The van der Waals surface area contributed by atoms with Gasteiger partial charge in [0.25, 0.3) is 11.9 Å². The van der Waals surface area contributed by atoms with E-state index in [1.54, 1.807) is 24.3 Å². The summed E-state index contributed by atoms with van der Waals surface area (Å²) in [7, 11) is 1.44. The van der Waals surface area contributed by atoms with Crippen LogP contribution in [0.3, 0.4) is 0 Å². The van der Waals surface area contributed by atoms with Crippen LogP contribution in [0.15, 0.2) is 53.7 Å². The number of halogens is 1. The highest BCUT2D eigenvalue weighted by atomic mass is 19.1. The van der Waals surface area contributed by atoms with Gasteiger partial charge < -0.3 is 25.3 Å². The fourth-order valence-corrected chi connectivity index (χ4v) is 4.13. The molecule has 2 aliphatic heterocycles. The minimum absolute atomic E-state index is 0.0327. The Hall–Kier alpha value is -4.65. The van der Waals surface area contributed by atoms with Gasteiger partial charge in [-0.3, -0.25) is 4.79 Å². The predicted octanol–water partition coefficient (Wildman–Crippen LogP) is 3.44. The maximum atomic E-state index is 14.9. The molecular formula is C24H18FN5O4. The van der Waals surface area contributed by atoms with E-state index in [9.17, 15) is 9.18 Å². The summed E-state index contributed by atoms with van der Waals surface area (Å²) >= 11 is 0. The zero-order valence-corrected chi connectivity index (χ0v) is 18.0. The van der Waals surface area contributed by atoms with E-state index in [1.165, 1.54) is 31.5 Å². The molecule has 3 heterocycles. The first-order valence-corrected chi connectivity index (χ1v) is 10.3. The number of hydrogen-bond acceptors (Lipinski definition) is 8. The number of ether oxygens (including phenoxy) is 3. The van der Waals surface area contributed by atoms with Crippen molar-refractivity contribution in [2.24, 2.45) is 10.7 Å². The molecule has 0 aliphatic carbocycles. The van der Waals surface area contributed by atoms with E-state index in [0.29, 0.717) is 40.3 Å². The van der Waals surface area contributed by atoms with Crippen LogP contribution in [-0.4, -0.2) is 30.6 Å². The molecule has 0 bridgehead atoms. The van der Waals surface area contributed by atoms with E-state index in [4.69, 9.17) is 25.2 Å². The quantitative estimate of drug-likeness (QED) is 0.613. The maximum Gasteiger partial charge on any atom is 0.283 e. The number of nitrogens with zero attached hydrogens (tertiary/aromatic N) is 3. The molecule has 2 aromatic carbocycles. The number of aromatic nitrogens is 1. The molecule has 170 valence electrons. The molecule has 0 saturated carbocycles. The standard InChI is InChI=1S/C24H18FN5O4/c1-32-15-9-17-21(18(25)10-15)34-20-5-3-14(8-16(20)24(17)6-7-33-23(27)30-24)29-22(31)19-4-2-13(11-26)12-28-19/h2-5,8-10,12H,6-7H2,1H3,(H2,27,30)(H,29,31). The number of pyridine rings is 1. The monoisotopic (exact) mass is 459 g/mol. The van der Waals surface area contributed by atoms with Crippen LogP contribution >= 0.6 is 0 Å². The lowest BCUT2D eigenvalue weighted by molar-refractivity contribution is 0.102. The largest absolute Gasteiger partial charge is 0.497 e. The molecule has 3 N–H and O–H groups in total. The second-order valence-corrected chi connectivity index (χ2v) is 7.71. The topological polar surface area (TPSA) is 132 Å². The Morgan fingerprint density at radius 3 is 2.82 bits per heavy atom. The Labute approximate surface area is 193 Å². The van der Waals surface area contributed by atoms with Crippen LogP contribution in [0.4, 0.5) is 10.1 Å². The summed E-state index contributed by atoms with van der Waals surface area (Å²) in [6, 6.07) is 12.8. The molecule has 0 saturated heterocycles. The number of methoxy groups -OCH3 is 1. The smallest absolute Gasteiger partial charge is 0.283 e. The minimum Gasteiger partial charge on any atom is -0.497 e. The van der Waals surface area contributed by atoms with Crippen LogP contribution < -0.4 is 20.5 Å². The Morgan fingerprint density at radius 1 is 1.26 bits per heavy atom. The van der Waals surface area contributed by atoms with Crippen molar-refractivity contribution in [2.75, 3.05) is 19.0 Å². The lowest BCUT2D eigenvalue weighted by atomic mass is 9.77. The van der Waals surface area contributed by atoms with E-state index in [0.717, 1.165) is 0 Å². The number of nitriles is 1. The molecule has 10 heteroatoms. The normalized spacial score (nSPS) is 17.9. The number of carbonyl (C=O) groups is 1. The van der Waals surface area contributed by atoms with Gasteiger partial charge in [0, 0.05) is 35.5 Å². The van der Waals surface area contributed by atoms with Gasteiger partial charge in [-0.05, 0) is 36.4 Å². The van der Waals surface area contributed by atoms with E-state index < -0.39 is 17.3 Å². The fraction of sp³-hybridized carbons (Fsp3) is 0.167. The number of hydrogen-bond donors (Lipinski definition) is 2. The van der Waals surface area contributed by atoms with E-state index >= 15 is 0 Å². The second kappa shape index (κ2) is 8.04. The highest BCUT2D eigenvalue weighted by Crippen LogP contribution is 2.54. The number of amides is 1. The number of benzene rings is 2. The number of aliphatic imine (C=N–C) groups is 1. The van der Waals surface area contributed by atoms with Crippen LogP contribution in [0.1, 0.15) is 33.6 Å². The van der Waals surface area contributed by atoms with Crippen LogP contribution in [0.2, 0.25) is 0 Å². The van der Waals surface area contributed by atoms with Crippen molar-refractivity contribution in [3.63, 3.8) is 0 Å². The van der Waals surface area contributed by atoms with Crippen LogP contribution in [0, 0.1) is 17.1 Å². The molecule has 34 heavy (non-hydrogen) atoms. The Bertz CT molecular complexity index is 1380. The number of nitrogens with two attached hydrogens (primary N) is 1. The van der Waals surface area contributed by atoms with Crippen molar-refractivity contribution >= 4 is 17.6 Å². The highest BCUT2D eigenvalue weighted by Gasteiger charge is 2.46. The highest BCUT2D eigenvalue weighted by molar-refractivity contribution is 6.03. The molecule has 2 aliphatic rings. The van der Waals surface area contributed by atoms with E-state index in [2.05, 4.69) is 15.3 Å². The molecule has 9 nitrogen and oxygen atoms in total. The molecule has 3 aromatic rings. The molecule has 1 aromatic heterocycles. The maximum absolute atomic E-state index is 14.9. The first-order valence-electron chi connectivity index (χ1n) is 10.3. The average Bonchev–Trinajstić information content (AvgIpc) is 2.85. The van der Waals surface area contributed by atoms with Gasteiger partial charge in [0.15, 0.2) is 11.6 Å². The number of rotatable bonds is 3. The summed E-state index contributed by atoms with van der Waals surface area (Å²) < 4.78 is 31.5. The van der Waals surface area contributed by atoms with Gasteiger partial charge in [0.05, 0.1) is 19.3 Å². The predicted molar refractivity (Wildman–Crippen MR) is 119 cm³/mol. The van der Waals surface area contributed by atoms with Gasteiger partial charge in [-0.15, -0.1) is 0 Å². The molecule has 0 fully saturated rings. The zero-order chi connectivity index (χ0) is 23.9. The summed E-state index contributed by atoms with van der Waals surface area (Å²) in [5.74, 6) is -0.337. The molecule has 1 spiro atoms. The number of nitrogens with one attached hydrogen (secondary N) is 1. The summed E-state index contributed by atoms with van der Waals surface area (Å²) in [6.07, 6.45) is 1.68. The van der Waals surface area contributed by atoms with Crippen molar-refractivity contribution in [1.82, 2.24) is 4.98 Å². The average molecular weight is 459 g/mol. The van der Waals surface area contributed by atoms with Crippen molar-refractivity contribution in [3.05, 3.63) is 76.9 Å². The van der Waals surface area contributed by atoms with Crippen LogP contribution in [0.25, 0.3) is 0 Å². The minimum atomic E-state index is -1.10. The van der Waals surface area contributed by atoms with Crippen molar-refractivity contribution in [3.8, 4) is 23.3 Å². The summed E-state index contributed by atoms with van der Waals surface area (Å²) in [4.78, 5) is 21.3. The molecule has 0 radical (unpaired) electrons. The lowest BCUT2D eigenvalue weighted by Gasteiger charge is -2.39. The first-order chi connectivity index (χ1) is 16.4. The number of amidine groups is 1. The number of anilines is 1. The van der Waals surface area contributed by atoms with Crippen molar-refractivity contribution in [2.45, 2.75) is 12.0 Å². The van der Waals surface area contributed by atoms with Crippen molar-refractivity contribution in [1.29, 1.82) is 5.26 Å². The summed E-state index contributed by atoms with van der Waals surface area (Å²) in [5, 5.41) is 11.7. The third-order valence-electron chi connectivity index (χ3n) is 5.73. The molecule has 1 unspecified atom stereocenters. The number of fused-ring (bicyclic) bond motifs is 4. The van der Waals surface area contributed by atoms with Crippen LogP contribution in [-0.2, 0) is 10.3 Å². The third-order valence-corrected chi connectivity index (χ3v) is 5.73. The Kier molecular flexibility index (Phi) is 5.02. The lowest BCUT2D eigenvalue weighted by Crippen LogP contribution is -2.38. The van der Waals surface area contributed by atoms with E-state index in [1.807, 2.05) is 6.07 Å². The van der Waals surface area contributed by atoms with Crippen LogP contribution in [0.5, 0.6) is 17.2 Å². The Morgan fingerprint density at radius 2 is 2.12 bits per heavy atom. The van der Waals surface area contributed by atoms with E-state index in [-0.39, 0.29) is 24.1 Å². The SMILES string of the molecule is COc1cc(F)c2c(c1)C1(CCOC(N)=N1)c1cc(NC(=O)c3ccc(C#N)cn3)ccc1O2. The van der Waals surface area contributed by atoms with Gasteiger partial charge in [0.2, 0.25) is 0 Å². The van der Waals surface area contributed by atoms with Gasteiger partial charge in [0.1, 0.15) is 28.8 Å². The molecule has 1 atom stereocenters. The molecule has 1 amide bonds.